The Morgan fingerprint density at radius 3 is 2.70 bits per heavy atom. The van der Waals surface area contributed by atoms with Gasteiger partial charge in [-0.15, -0.1) is 35.3 Å². The summed E-state index contributed by atoms with van der Waals surface area (Å²) in [6.45, 7) is 1.15. The van der Waals surface area contributed by atoms with E-state index in [0.717, 1.165) is 5.56 Å². The molecule has 0 saturated carbocycles. The third-order valence-electron chi connectivity index (χ3n) is 3.55. The van der Waals surface area contributed by atoms with Gasteiger partial charge in [-0.25, -0.2) is 4.39 Å². The van der Waals surface area contributed by atoms with E-state index in [1.807, 2.05) is 17.5 Å². The molecule has 0 aliphatic rings. The minimum absolute atomic E-state index is 0. The van der Waals surface area contributed by atoms with Gasteiger partial charge in [-0.1, -0.05) is 12.1 Å². The molecule has 2 N–H and O–H groups in total. The normalized spacial score (nSPS) is 10.8. The molecule has 0 radical (unpaired) electrons. The molecule has 8 heteroatoms. The Morgan fingerprint density at radius 1 is 1.19 bits per heavy atom. The second-order valence-corrected chi connectivity index (χ2v) is 6.45. The van der Waals surface area contributed by atoms with Crippen molar-refractivity contribution in [3.8, 4) is 11.5 Å². The van der Waals surface area contributed by atoms with E-state index in [9.17, 15) is 4.39 Å². The van der Waals surface area contributed by atoms with Crippen molar-refractivity contribution in [1.29, 1.82) is 0 Å². The first-order valence-corrected chi connectivity index (χ1v) is 8.96. The van der Waals surface area contributed by atoms with E-state index in [1.165, 1.54) is 17.1 Å². The lowest BCUT2D eigenvalue weighted by atomic mass is 10.2. The summed E-state index contributed by atoms with van der Waals surface area (Å²) in [5.41, 5.74) is 0.792. The van der Waals surface area contributed by atoms with E-state index < -0.39 is 5.82 Å². The molecule has 142 valence electrons. The van der Waals surface area contributed by atoms with Gasteiger partial charge in [0.1, 0.15) is 5.75 Å². The highest BCUT2D eigenvalue weighted by Gasteiger charge is 2.07. The number of rotatable bonds is 6. The van der Waals surface area contributed by atoms with Crippen molar-refractivity contribution in [2.24, 2.45) is 4.99 Å². The minimum atomic E-state index is -0.422. The van der Waals surface area contributed by atoms with Crippen molar-refractivity contribution in [2.45, 2.75) is 13.1 Å². The Hall–Kier alpha value is -2.20. The lowest BCUT2D eigenvalue weighted by Crippen LogP contribution is -2.36. The molecule has 2 aromatic heterocycles. The monoisotopic (exact) mass is 498 g/mol. The number of hydrogen-bond acceptors (Lipinski definition) is 4. The second kappa shape index (κ2) is 10.8. The number of guanidine groups is 1. The van der Waals surface area contributed by atoms with Crippen LogP contribution in [0.25, 0.3) is 0 Å². The molecule has 0 atom stereocenters. The average molecular weight is 498 g/mol. The summed E-state index contributed by atoms with van der Waals surface area (Å²) < 4.78 is 19.8. The SMILES string of the molecule is CN=C(NCc1ccc(Oc2cccnc2)c(F)c1)NCc1cccs1.I. The van der Waals surface area contributed by atoms with Crippen LogP contribution in [0.15, 0.2) is 65.2 Å². The minimum Gasteiger partial charge on any atom is -0.453 e. The van der Waals surface area contributed by atoms with Gasteiger partial charge in [0, 0.05) is 24.7 Å². The summed E-state index contributed by atoms with van der Waals surface area (Å²) in [6.07, 6.45) is 3.18. The number of nitrogens with zero attached hydrogens (tertiary/aromatic N) is 2. The van der Waals surface area contributed by atoms with E-state index in [0.29, 0.717) is 24.8 Å². The molecular formula is C19H20FIN4OS. The molecule has 27 heavy (non-hydrogen) atoms. The maximum atomic E-state index is 14.3. The predicted octanol–water partition coefficient (Wildman–Crippen LogP) is 4.56. The number of ether oxygens (including phenoxy) is 1. The highest BCUT2D eigenvalue weighted by molar-refractivity contribution is 14.0. The van der Waals surface area contributed by atoms with Crippen LogP contribution in [0, 0.1) is 5.82 Å². The molecule has 0 aliphatic carbocycles. The first-order chi connectivity index (χ1) is 12.7. The molecule has 0 saturated heterocycles. The van der Waals surface area contributed by atoms with Crippen molar-refractivity contribution < 1.29 is 9.13 Å². The molecule has 2 heterocycles. The van der Waals surface area contributed by atoms with Crippen molar-refractivity contribution in [3.05, 3.63) is 76.5 Å². The quantitative estimate of drug-likeness (QED) is 0.297. The van der Waals surface area contributed by atoms with Crippen LogP contribution in [-0.2, 0) is 13.1 Å². The maximum Gasteiger partial charge on any atom is 0.191 e. The number of pyridine rings is 1. The van der Waals surface area contributed by atoms with Crippen LogP contribution in [0.1, 0.15) is 10.4 Å². The Balaban J connectivity index is 0.00000261. The number of nitrogens with one attached hydrogen (secondary N) is 2. The van der Waals surface area contributed by atoms with E-state index >= 15 is 0 Å². The van der Waals surface area contributed by atoms with Crippen LogP contribution < -0.4 is 15.4 Å². The standard InChI is InChI=1S/C19H19FN4OS.HI/c1-21-19(24-13-16-5-3-9-26-16)23-11-14-6-7-18(17(20)10-14)25-15-4-2-8-22-12-15;/h2-10,12H,11,13H2,1H3,(H2,21,23,24);1H. The van der Waals surface area contributed by atoms with Crippen LogP contribution in [0.5, 0.6) is 11.5 Å². The van der Waals surface area contributed by atoms with Crippen molar-refractivity contribution in [3.63, 3.8) is 0 Å². The molecule has 0 unspecified atom stereocenters. The Bertz CT molecular complexity index is 859. The highest BCUT2D eigenvalue weighted by Crippen LogP contribution is 2.24. The number of aliphatic imine (C=N–C) groups is 1. The number of hydrogen-bond donors (Lipinski definition) is 2. The van der Waals surface area contributed by atoms with Crippen molar-refractivity contribution in [1.82, 2.24) is 15.6 Å². The Morgan fingerprint density at radius 2 is 2.04 bits per heavy atom. The Kier molecular flexibility index (Phi) is 8.46. The Labute approximate surface area is 178 Å². The van der Waals surface area contributed by atoms with Gasteiger partial charge in [0.2, 0.25) is 0 Å². The number of halogens is 2. The zero-order valence-corrected chi connectivity index (χ0v) is 17.8. The van der Waals surface area contributed by atoms with Crippen molar-refractivity contribution in [2.75, 3.05) is 7.05 Å². The summed E-state index contributed by atoms with van der Waals surface area (Å²) in [5, 5.41) is 8.43. The van der Waals surface area contributed by atoms with Gasteiger partial charge in [0.15, 0.2) is 17.5 Å². The van der Waals surface area contributed by atoms with Crippen LogP contribution in [0.2, 0.25) is 0 Å². The molecular weight excluding hydrogens is 478 g/mol. The summed E-state index contributed by atoms with van der Waals surface area (Å²) in [4.78, 5) is 9.34. The number of benzene rings is 1. The highest BCUT2D eigenvalue weighted by atomic mass is 127. The van der Waals surface area contributed by atoms with Crippen molar-refractivity contribution >= 4 is 41.3 Å². The molecule has 5 nitrogen and oxygen atoms in total. The summed E-state index contributed by atoms with van der Waals surface area (Å²) >= 11 is 1.68. The zero-order chi connectivity index (χ0) is 18.2. The molecule has 3 rings (SSSR count). The summed E-state index contributed by atoms with van der Waals surface area (Å²) in [5.74, 6) is 0.904. The third-order valence-corrected chi connectivity index (χ3v) is 4.43. The van der Waals surface area contributed by atoms with E-state index in [4.69, 9.17) is 4.74 Å². The van der Waals surface area contributed by atoms with Gasteiger partial charge in [0.05, 0.1) is 12.7 Å². The fourth-order valence-electron chi connectivity index (χ4n) is 2.26. The van der Waals surface area contributed by atoms with Crippen LogP contribution in [-0.4, -0.2) is 18.0 Å². The lowest BCUT2D eigenvalue weighted by Gasteiger charge is -2.12. The van der Waals surface area contributed by atoms with Crippen LogP contribution in [0.3, 0.4) is 0 Å². The van der Waals surface area contributed by atoms with E-state index in [2.05, 4.69) is 26.7 Å². The molecule has 0 bridgehead atoms. The van der Waals surface area contributed by atoms with Crippen LogP contribution >= 0.6 is 35.3 Å². The number of thiophene rings is 1. The summed E-state index contributed by atoms with van der Waals surface area (Å²) in [6, 6.07) is 12.4. The molecule has 0 fully saturated rings. The third kappa shape index (κ3) is 6.47. The van der Waals surface area contributed by atoms with Crippen LogP contribution in [0.4, 0.5) is 4.39 Å². The van der Waals surface area contributed by atoms with E-state index in [1.54, 1.807) is 42.8 Å². The molecule has 1 aromatic carbocycles. The number of aromatic nitrogens is 1. The van der Waals surface area contributed by atoms with Gasteiger partial charge >= 0.3 is 0 Å². The average Bonchev–Trinajstić information content (AvgIpc) is 3.18. The molecule has 0 aliphatic heterocycles. The first kappa shape index (κ1) is 21.1. The molecule has 0 spiro atoms. The second-order valence-electron chi connectivity index (χ2n) is 5.41. The fourth-order valence-corrected chi connectivity index (χ4v) is 2.91. The van der Waals surface area contributed by atoms with Gasteiger partial charge in [-0.05, 0) is 41.3 Å². The smallest absolute Gasteiger partial charge is 0.191 e. The molecule has 3 aromatic rings. The van der Waals surface area contributed by atoms with Gasteiger partial charge in [-0.2, -0.15) is 0 Å². The first-order valence-electron chi connectivity index (χ1n) is 8.08. The van der Waals surface area contributed by atoms with Gasteiger partial charge < -0.3 is 15.4 Å². The van der Waals surface area contributed by atoms with Gasteiger partial charge in [-0.3, -0.25) is 9.98 Å². The fraction of sp³-hybridized carbons (Fsp3) is 0.158. The summed E-state index contributed by atoms with van der Waals surface area (Å²) in [7, 11) is 1.70. The molecule has 0 amide bonds. The predicted molar refractivity (Wildman–Crippen MR) is 117 cm³/mol. The topological polar surface area (TPSA) is 58.5 Å². The maximum absolute atomic E-state index is 14.3. The largest absolute Gasteiger partial charge is 0.453 e. The lowest BCUT2D eigenvalue weighted by molar-refractivity contribution is 0.440. The zero-order valence-electron chi connectivity index (χ0n) is 14.7. The van der Waals surface area contributed by atoms with E-state index in [-0.39, 0.29) is 29.7 Å². The van der Waals surface area contributed by atoms with Gasteiger partial charge in [0.25, 0.3) is 0 Å².